The average molecular weight is 338 g/mol. The molecule has 0 fully saturated rings. The molecule has 0 spiro atoms. The van der Waals surface area contributed by atoms with Crippen LogP contribution in [-0.2, 0) is 14.3 Å². The zero-order valence-electron chi connectivity index (χ0n) is 13.7. The Balaban J connectivity index is 1.97. The van der Waals surface area contributed by atoms with Crippen molar-refractivity contribution in [2.45, 2.75) is 25.2 Å². The molecule has 0 aromatic heterocycles. The van der Waals surface area contributed by atoms with E-state index in [4.69, 9.17) is 4.18 Å². The summed E-state index contributed by atoms with van der Waals surface area (Å²) in [5.41, 5.74) is 2.70. The summed E-state index contributed by atoms with van der Waals surface area (Å²) < 4.78 is 28.9. The molecular weight excluding hydrogens is 320 g/mol. The Morgan fingerprint density at radius 3 is 1.96 bits per heavy atom. The van der Waals surface area contributed by atoms with Crippen LogP contribution in [0.25, 0.3) is 0 Å². The second-order valence-corrected chi connectivity index (χ2v) is 6.68. The Bertz CT molecular complexity index is 901. The number of hydrogen-bond acceptors (Lipinski definition) is 3. The molecule has 24 heavy (non-hydrogen) atoms. The molecule has 122 valence electrons. The van der Waals surface area contributed by atoms with Gasteiger partial charge in [0.1, 0.15) is 6.61 Å². The first kappa shape index (κ1) is 17.8. The summed E-state index contributed by atoms with van der Waals surface area (Å²) in [6.07, 6.45) is 0.814. The van der Waals surface area contributed by atoms with E-state index < -0.39 is 10.1 Å². The van der Waals surface area contributed by atoms with Crippen LogP contribution in [0.1, 0.15) is 30.0 Å². The highest BCUT2D eigenvalue weighted by Crippen LogP contribution is 2.12. The van der Waals surface area contributed by atoms with E-state index in [1.807, 2.05) is 38.1 Å². The molecule has 0 atom stereocenters. The van der Waals surface area contributed by atoms with Gasteiger partial charge in [0.05, 0.1) is 4.90 Å². The molecule has 0 aliphatic heterocycles. The summed E-state index contributed by atoms with van der Waals surface area (Å²) >= 11 is 0. The Morgan fingerprint density at radius 2 is 1.42 bits per heavy atom. The van der Waals surface area contributed by atoms with E-state index in [1.54, 1.807) is 12.1 Å². The number of hydrogen-bond donors (Lipinski definition) is 0. The highest BCUT2D eigenvalue weighted by atomic mass is 32.2. The predicted octanol–water partition coefficient (Wildman–Crippen LogP) is 3.51. The molecule has 0 saturated carbocycles. The van der Waals surface area contributed by atoms with E-state index >= 15 is 0 Å². The van der Waals surface area contributed by atoms with Gasteiger partial charge >= 0.3 is 0 Å². The first-order valence-electron chi connectivity index (χ1n) is 7.55. The highest BCUT2D eigenvalue weighted by molar-refractivity contribution is 7.86. The lowest BCUT2D eigenvalue weighted by Gasteiger charge is -2.02. The number of rotatable bonds is 3. The zero-order chi connectivity index (χ0) is 17.4. The minimum absolute atomic E-state index is 0.133. The average Bonchev–Trinajstić information content (AvgIpc) is 2.58. The van der Waals surface area contributed by atoms with Crippen molar-refractivity contribution in [1.82, 2.24) is 0 Å². The topological polar surface area (TPSA) is 43.4 Å². The Labute approximate surface area is 143 Å². The van der Waals surface area contributed by atoms with Crippen molar-refractivity contribution < 1.29 is 12.6 Å². The van der Waals surface area contributed by atoms with Crippen molar-refractivity contribution in [2.75, 3.05) is 6.61 Å². The molecule has 0 bridgehead atoms. The molecule has 3 nitrogen and oxygen atoms in total. The first-order chi connectivity index (χ1) is 11.5. The number of benzene rings is 2. The van der Waals surface area contributed by atoms with Gasteiger partial charge in [-0.15, -0.1) is 0 Å². The van der Waals surface area contributed by atoms with Gasteiger partial charge in [0.2, 0.25) is 0 Å². The van der Waals surface area contributed by atoms with Gasteiger partial charge in [0, 0.05) is 17.5 Å². The third-order valence-corrected chi connectivity index (χ3v) is 4.40. The quantitative estimate of drug-likeness (QED) is 0.635. The van der Waals surface area contributed by atoms with Gasteiger partial charge in [0.25, 0.3) is 10.1 Å². The Morgan fingerprint density at radius 1 is 0.875 bits per heavy atom. The lowest BCUT2D eigenvalue weighted by Crippen LogP contribution is -2.06. The molecule has 0 amide bonds. The molecule has 0 radical (unpaired) electrons. The monoisotopic (exact) mass is 338 g/mol. The van der Waals surface area contributed by atoms with Crippen molar-refractivity contribution in [1.29, 1.82) is 0 Å². The third kappa shape index (κ3) is 5.28. The fourth-order valence-corrected chi connectivity index (χ4v) is 2.67. The van der Waals surface area contributed by atoms with E-state index in [-0.39, 0.29) is 11.5 Å². The normalized spacial score (nSPS) is 10.2. The second-order valence-electron chi connectivity index (χ2n) is 5.06. The number of aryl methyl sites for hydroxylation is 1. The van der Waals surface area contributed by atoms with E-state index in [0.717, 1.165) is 23.1 Å². The van der Waals surface area contributed by atoms with Crippen LogP contribution in [0.3, 0.4) is 0 Å². The molecule has 2 rings (SSSR count). The molecule has 0 aliphatic rings. The summed E-state index contributed by atoms with van der Waals surface area (Å²) in [4.78, 5) is 0.133. The van der Waals surface area contributed by atoms with Crippen LogP contribution in [-0.4, -0.2) is 15.0 Å². The van der Waals surface area contributed by atoms with Crippen LogP contribution >= 0.6 is 0 Å². The standard InChI is InChI=1S/C20H18O3S/c1-3-4-6-18-10-12-19(13-11-18)7-5-16-23-24(21,22)20-14-8-17(2)9-15-20/h8-15H,3,16H2,1-2H3. The van der Waals surface area contributed by atoms with Gasteiger partial charge in [-0.1, -0.05) is 48.3 Å². The SMILES string of the molecule is CCC#Cc1ccc(C#CCOS(=O)(=O)c2ccc(C)cc2)cc1. The van der Waals surface area contributed by atoms with Gasteiger partial charge in [-0.25, -0.2) is 0 Å². The van der Waals surface area contributed by atoms with E-state index in [1.165, 1.54) is 12.1 Å². The van der Waals surface area contributed by atoms with Crippen LogP contribution in [0.5, 0.6) is 0 Å². The van der Waals surface area contributed by atoms with Crippen LogP contribution in [0, 0.1) is 30.6 Å². The van der Waals surface area contributed by atoms with Crippen LogP contribution in [0.15, 0.2) is 53.4 Å². The maximum absolute atomic E-state index is 12.0. The molecule has 0 aliphatic carbocycles. The fourth-order valence-electron chi connectivity index (χ4n) is 1.85. The Hall–Kier alpha value is -2.53. The van der Waals surface area contributed by atoms with Crippen molar-refractivity contribution in [3.8, 4) is 23.7 Å². The van der Waals surface area contributed by atoms with Crippen molar-refractivity contribution >= 4 is 10.1 Å². The molecular formula is C20H18O3S. The van der Waals surface area contributed by atoms with Gasteiger partial charge in [-0.3, -0.25) is 4.18 Å². The molecule has 0 N–H and O–H groups in total. The fraction of sp³-hybridized carbons (Fsp3) is 0.200. The minimum atomic E-state index is -3.77. The van der Waals surface area contributed by atoms with Crippen LogP contribution in [0.4, 0.5) is 0 Å². The lowest BCUT2D eigenvalue weighted by atomic mass is 10.1. The van der Waals surface area contributed by atoms with Gasteiger partial charge in [-0.05, 0) is 43.3 Å². The lowest BCUT2D eigenvalue weighted by molar-refractivity contribution is 0.363. The second kappa shape index (κ2) is 8.36. The van der Waals surface area contributed by atoms with Gasteiger partial charge in [0.15, 0.2) is 0 Å². The summed E-state index contributed by atoms with van der Waals surface area (Å²) in [6.45, 7) is 3.70. The first-order valence-corrected chi connectivity index (χ1v) is 8.96. The minimum Gasteiger partial charge on any atom is -0.253 e. The molecule has 4 heteroatoms. The van der Waals surface area contributed by atoms with E-state index in [2.05, 4.69) is 23.7 Å². The van der Waals surface area contributed by atoms with Crippen LogP contribution < -0.4 is 0 Å². The van der Waals surface area contributed by atoms with Crippen molar-refractivity contribution in [2.24, 2.45) is 0 Å². The van der Waals surface area contributed by atoms with Crippen LogP contribution in [0.2, 0.25) is 0 Å². The molecule has 0 saturated heterocycles. The maximum atomic E-state index is 12.0. The summed E-state index contributed by atoms with van der Waals surface area (Å²) in [5, 5.41) is 0. The molecule has 2 aromatic rings. The third-order valence-electron chi connectivity index (χ3n) is 3.12. The molecule has 0 unspecified atom stereocenters. The maximum Gasteiger partial charge on any atom is 0.297 e. The predicted molar refractivity (Wildman–Crippen MR) is 94.8 cm³/mol. The van der Waals surface area contributed by atoms with Crippen molar-refractivity contribution in [3.63, 3.8) is 0 Å². The highest BCUT2D eigenvalue weighted by Gasteiger charge is 2.13. The summed E-state index contributed by atoms with van der Waals surface area (Å²) in [5.74, 6) is 11.6. The molecule has 2 aromatic carbocycles. The van der Waals surface area contributed by atoms with Crippen molar-refractivity contribution in [3.05, 3.63) is 65.2 Å². The Kier molecular flexibility index (Phi) is 6.21. The molecule has 0 heterocycles. The van der Waals surface area contributed by atoms with Gasteiger partial charge in [-0.2, -0.15) is 8.42 Å². The summed E-state index contributed by atoms with van der Waals surface area (Å²) in [7, 11) is -3.77. The van der Waals surface area contributed by atoms with E-state index in [0.29, 0.717) is 0 Å². The largest absolute Gasteiger partial charge is 0.297 e. The smallest absolute Gasteiger partial charge is 0.253 e. The zero-order valence-corrected chi connectivity index (χ0v) is 14.5. The van der Waals surface area contributed by atoms with E-state index in [9.17, 15) is 8.42 Å². The summed E-state index contributed by atoms with van der Waals surface area (Å²) in [6, 6.07) is 14.0. The van der Waals surface area contributed by atoms with Gasteiger partial charge < -0.3 is 0 Å².